The van der Waals surface area contributed by atoms with Gasteiger partial charge in [0.05, 0.1) is 11.1 Å². The van der Waals surface area contributed by atoms with Crippen LogP contribution in [0.1, 0.15) is 25.1 Å². The van der Waals surface area contributed by atoms with Crippen LogP contribution in [0.5, 0.6) is 5.88 Å². The Morgan fingerprint density at radius 3 is 2.58 bits per heavy atom. The molecular formula is C25H26N4O2. The number of ether oxygens (including phenoxy) is 1. The van der Waals surface area contributed by atoms with Crippen molar-refractivity contribution in [2.45, 2.75) is 33.3 Å². The Kier molecular flexibility index (Phi) is 5.71. The molecule has 0 fully saturated rings. The second-order valence-corrected chi connectivity index (χ2v) is 7.54. The van der Waals surface area contributed by atoms with Crippen LogP contribution in [0.3, 0.4) is 0 Å². The molecule has 0 saturated carbocycles. The van der Waals surface area contributed by atoms with E-state index in [9.17, 15) is 4.79 Å². The summed E-state index contributed by atoms with van der Waals surface area (Å²) in [5.74, 6) is 0.172. The Labute approximate surface area is 181 Å². The smallest absolute Gasteiger partial charge is 0.265 e. The van der Waals surface area contributed by atoms with Crippen molar-refractivity contribution in [3.05, 3.63) is 71.9 Å². The first-order valence-electron chi connectivity index (χ1n) is 10.4. The highest BCUT2D eigenvalue weighted by molar-refractivity contribution is 5.96. The van der Waals surface area contributed by atoms with Gasteiger partial charge in [0.15, 0.2) is 11.8 Å². The van der Waals surface area contributed by atoms with Crippen LogP contribution in [0.15, 0.2) is 60.7 Å². The molecule has 6 heteroatoms. The van der Waals surface area contributed by atoms with Crippen LogP contribution >= 0.6 is 0 Å². The van der Waals surface area contributed by atoms with Gasteiger partial charge in [-0.25, -0.2) is 0 Å². The van der Waals surface area contributed by atoms with Crippen molar-refractivity contribution >= 4 is 22.6 Å². The van der Waals surface area contributed by atoms with E-state index in [1.807, 2.05) is 74.6 Å². The molecule has 0 radical (unpaired) electrons. The van der Waals surface area contributed by atoms with Crippen LogP contribution in [0.25, 0.3) is 22.2 Å². The molecule has 1 N–H and O–H groups in total. The number of carbonyl (C=O) groups is 1. The van der Waals surface area contributed by atoms with E-state index < -0.39 is 6.10 Å². The highest BCUT2D eigenvalue weighted by Crippen LogP contribution is 2.33. The fourth-order valence-electron chi connectivity index (χ4n) is 3.75. The summed E-state index contributed by atoms with van der Waals surface area (Å²) in [5.41, 5.74) is 5.54. The molecule has 4 aromatic rings. The number of nitrogens with zero attached hydrogens (tertiary/aromatic N) is 3. The molecule has 0 spiro atoms. The van der Waals surface area contributed by atoms with E-state index in [2.05, 4.69) is 22.3 Å². The zero-order valence-corrected chi connectivity index (χ0v) is 18.2. The number of fused-ring (bicyclic) bond motifs is 1. The lowest BCUT2D eigenvalue weighted by Gasteiger charge is -2.16. The Hall–Kier alpha value is -3.67. The standard InChI is InChI=1S/C25H26N4O2/c1-5-18-11-9-10-14-21(18)26-25(30)17(3)31-22-15-20(19-12-7-6-8-13-19)23-16(2)28-29(4)24(23)27-22/h6-15,17H,5H2,1-4H3,(H,26,30). The molecule has 158 valence electrons. The van der Waals surface area contributed by atoms with Crippen molar-refractivity contribution in [3.63, 3.8) is 0 Å². The minimum absolute atomic E-state index is 0.217. The molecule has 0 aliphatic heterocycles. The molecule has 0 aliphatic rings. The predicted octanol–water partition coefficient (Wildman–Crippen LogP) is 4.91. The van der Waals surface area contributed by atoms with Gasteiger partial charge >= 0.3 is 0 Å². The van der Waals surface area contributed by atoms with Gasteiger partial charge in [0.25, 0.3) is 5.91 Å². The average molecular weight is 415 g/mol. The number of aromatic nitrogens is 3. The van der Waals surface area contributed by atoms with Crippen LogP contribution in [-0.2, 0) is 18.3 Å². The second-order valence-electron chi connectivity index (χ2n) is 7.54. The zero-order chi connectivity index (χ0) is 22.0. The molecule has 0 aliphatic carbocycles. The first kappa shape index (κ1) is 20.6. The highest BCUT2D eigenvalue weighted by atomic mass is 16.5. The Morgan fingerprint density at radius 2 is 1.84 bits per heavy atom. The van der Waals surface area contributed by atoms with Crippen LogP contribution < -0.4 is 10.1 Å². The predicted molar refractivity (Wildman–Crippen MR) is 123 cm³/mol. The lowest BCUT2D eigenvalue weighted by molar-refractivity contribution is -0.122. The topological polar surface area (TPSA) is 69.0 Å². The first-order valence-corrected chi connectivity index (χ1v) is 10.4. The molecule has 6 nitrogen and oxygen atoms in total. The number of carbonyl (C=O) groups excluding carboxylic acids is 1. The number of para-hydroxylation sites is 1. The van der Waals surface area contributed by atoms with Crippen LogP contribution in [0, 0.1) is 6.92 Å². The molecule has 1 unspecified atom stereocenters. The molecule has 2 aromatic carbocycles. The summed E-state index contributed by atoms with van der Waals surface area (Å²) in [5, 5.41) is 8.48. The quantitative estimate of drug-likeness (QED) is 0.487. The number of nitrogens with one attached hydrogen (secondary N) is 1. The largest absolute Gasteiger partial charge is 0.464 e. The van der Waals surface area contributed by atoms with Gasteiger partial charge in [0, 0.05) is 18.8 Å². The number of hydrogen-bond acceptors (Lipinski definition) is 4. The molecule has 0 bridgehead atoms. The summed E-state index contributed by atoms with van der Waals surface area (Å²) in [4.78, 5) is 17.4. The molecule has 1 amide bonds. The molecule has 31 heavy (non-hydrogen) atoms. The van der Waals surface area contributed by atoms with Crippen molar-refractivity contribution in [1.82, 2.24) is 14.8 Å². The van der Waals surface area contributed by atoms with Gasteiger partial charge in [-0.2, -0.15) is 10.1 Å². The zero-order valence-electron chi connectivity index (χ0n) is 18.2. The number of aryl methyl sites for hydroxylation is 3. The first-order chi connectivity index (χ1) is 15.0. The maximum absolute atomic E-state index is 12.8. The molecule has 1 atom stereocenters. The summed E-state index contributed by atoms with van der Waals surface area (Å²) in [7, 11) is 1.86. The van der Waals surface area contributed by atoms with E-state index in [4.69, 9.17) is 4.74 Å². The maximum Gasteiger partial charge on any atom is 0.265 e. The number of rotatable bonds is 6. The Morgan fingerprint density at radius 1 is 1.13 bits per heavy atom. The minimum Gasteiger partial charge on any atom is -0.464 e. The lowest BCUT2D eigenvalue weighted by Crippen LogP contribution is -2.30. The van der Waals surface area contributed by atoms with E-state index >= 15 is 0 Å². The molecule has 2 heterocycles. The summed E-state index contributed by atoms with van der Waals surface area (Å²) < 4.78 is 7.73. The van der Waals surface area contributed by atoms with E-state index in [1.54, 1.807) is 11.6 Å². The SMILES string of the molecule is CCc1ccccc1NC(=O)C(C)Oc1cc(-c2ccccc2)c2c(C)nn(C)c2n1. The number of pyridine rings is 1. The molecule has 0 saturated heterocycles. The fourth-order valence-corrected chi connectivity index (χ4v) is 3.75. The van der Waals surface area contributed by atoms with E-state index in [0.717, 1.165) is 45.5 Å². The van der Waals surface area contributed by atoms with Crippen molar-refractivity contribution in [2.75, 3.05) is 5.32 Å². The maximum atomic E-state index is 12.8. The minimum atomic E-state index is -0.715. The molecule has 4 rings (SSSR count). The third-order valence-corrected chi connectivity index (χ3v) is 5.35. The van der Waals surface area contributed by atoms with Crippen molar-refractivity contribution in [3.8, 4) is 17.0 Å². The number of hydrogen-bond donors (Lipinski definition) is 1. The third kappa shape index (κ3) is 4.14. The van der Waals surface area contributed by atoms with Gasteiger partial charge in [-0.15, -0.1) is 0 Å². The summed E-state index contributed by atoms with van der Waals surface area (Å²) >= 11 is 0. The molecular weight excluding hydrogens is 388 g/mol. The Bertz CT molecular complexity index is 1230. The van der Waals surface area contributed by atoms with Crippen LogP contribution in [0.2, 0.25) is 0 Å². The van der Waals surface area contributed by atoms with E-state index in [0.29, 0.717) is 5.88 Å². The number of benzene rings is 2. The van der Waals surface area contributed by atoms with Gasteiger partial charge < -0.3 is 10.1 Å². The second kappa shape index (κ2) is 8.60. The average Bonchev–Trinajstić information content (AvgIpc) is 3.07. The van der Waals surface area contributed by atoms with Crippen molar-refractivity contribution in [1.29, 1.82) is 0 Å². The van der Waals surface area contributed by atoms with Gasteiger partial charge in [-0.05, 0) is 43.0 Å². The molecule has 2 aromatic heterocycles. The number of anilines is 1. The van der Waals surface area contributed by atoms with Crippen LogP contribution in [0.4, 0.5) is 5.69 Å². The summed E-state index contributed by atoms with van der Waals surface area (Å²) in [6, 6.07) is 19.7. The Balaban J connectivity index is 1.65. The van der Waals surface area contributed by atoms with Gasteiger partial charge in [0.2, 0.25) is 5.88 Å². The van der Waals surface area contributed by atoms with Crippen molar-refractivity contribution < 1.29 is 9.53 Å². The van der Waals surface area contributed by atoms with Crippen molar-refractivity contribution in [2.24, 2.45) is 7.05 Å². The summed E-state index contributed by atoms with van der Waals surface area (Å²) in [6.45, 7) is 5.76. The van der Waals surface area contributed by atoms with E-state index in [-0.39, 0.29) is 5.91 Å². The fraction of sp³-hybridized carbons (Fsp3) is 0.240. The monoisotopic (exact) mass is 414 g/mol. The number of amides is 1. The van der Waals surface area contributed by atoms with E-state index in [1.165, 1.54) is 0 Å². The van der Waals surface area contributed by atoms with Gasteiger partial charge in [0.1, 0.15) is 0 Å². The summed E-state index contributed by atoms with van der Waals surface area (Å²) in [6.07, 6.45) is 0.122. The lowest BCUT2D eigenvalue weighted by atomic mass is 10.0. The van der Waals surface area contributed by atoms with Gasteiger partial charge in [-0.3, -0.25) is 9.48 Å². The normalized spacial score (nSPS) is 12.0. The highest BCUT2D eigenvalue weighted by Gasteiger charge is 2.20. The van der Waals surface area contributed by atoms with Crippen LogP contribution in [-0.4, -0.2) is 26.8 Å². The van der Waals surface area contributed by atoms with Gasteiger partial charge in [-0.1, -0.05) is 55.5 Å². The third-order valence-electron chi connectivity index (χ3n) is 5.35.